The highest BCUT2D eigenvalue weighted by molar-refractivity contribution is 5.81. The van der Waals surface area contributed by atoms with E-state index < -0.39 is 11.2 Å². The number of nitrogens with one attached hydrogen (secondary N) is 1. The van der Waals surface area contributed by atoms with Gasteiger partial charge in [0.2, 0.25) is 0 Å². The van der Waals surface area contributed by atoms with Gasteiger partial charge < -0.3 is 14.5 Å². The number of ether oxygens (including phenoxy) is 2. The molecule has 31 heavy (non-hydrogen) atoms. The quantitative estimate of drug-likeness (QED) is 0.486. The van der Waals surface area contributed by atoms with Crippen LogP contribution in [0.3, 0.4) is 0 Å². The Balaban J connectivity index is 1.59. The fraction of sp³-hybridized carbons (Fsp3) is 0.0870. The zero-order chi connectivity index (χ0) is 21.8. The maximum absolute atomic E-state index is 13.8. The van der Waals surface area contributed by atoms with E-state index in [0.29, 0.717) is 33.5 Å². The highest BCUT2D eigenvalue weighted by atomic mass is 19.1. The van der Waals surface area contributed by atoms with Crippen molar-refractivity contribution in [2.45, 2.75) is 6.61 Å². The van der Waals surface area contributed by atoms with E-state index in [1.165, 1.54) is 19.4 Å². The average Bonchev–Trinajstić information content (AvgIpc) is 2.78. The maximum Gasteiger partial charge on any atom is 0.349 e. The van der Waals surface area contributed by atoms with Crippen molar-refractivity contribution in [1.82, 2.24) is 9.66 Å². The van der Waals surface area contributed by atoms with Crippen LogP contribution in [-0.2, 0) is 6.61 Å². The Hall–Kier alpha value is -4.20. The first-order valence-corrected chi connectivity index (χ1v) is 9.39. The third-order valence-electron chi connectivity index (χ3n) is 4.63. The van der Waals surface area contributed by atoms with Gasteiger partial charge in [0.25, 0.3) is 5.56 Å². The van der Waals surface area contributed by atoms with E-state index >= 15 is 0 Å². The van der Waals surface area contributed by atoms with Gasteiger partial charge in [-0.15, -0.1) is 4.68 Å². The second-order valence-electron chi connectivity index (χ2n) is 6.63. The number of fused-ring (bicyclic) bond motifs is 1. The van der Waals surface area contributed by atoms with Gasteiger partial charge in [0.05, 0.1) is 24.2 Å². The molecule has 4 rings (SSSR count). The van der Waals surface area contributed by atoms with Crippen molar-refractivity contribution in [3.8, 4) is 11.5 Å². The summed E-state index contributed by atoms with van der Waals surface area (Å²) in [5, 5.41) is 4.38. The standard InChI is InChI=1S/C23H18FN3O4/c1-30-21-12-15(10-11-20(21)31-14-16-6-2-4-8-18(16)24)13-25-27-22(28)17-7-3-5-9-19(17)26-23(27)29/h2-13H,14H2,1H3,(H,26,29). The molecule has 3 aromatic carbocycles. The van der Waals surface area contributed by atoms with Crippen molar-refractivity contribution in [1.29, 1.82) is 0 Å². The Kier molecular flexibility index (Phi) is 5.61. The molecule has 0 spiro atoms. The van der Waals surface area contributed by atoms with Crippen molar-refractivity contribution in [3.05, 3.63) is 105 Å². The monoisotopic (exact) mass is 419 g/mol. The molecule has 4 aromatic rings. The van der Waals surface area contributed by atoms with E-state index in [9.17, 15) is 14.0 Å². The first-order valence-electron chi connectivity index (χ1n) is 9.39. The number of benzene rings is 3. The predicted octanol–water partition coefficient (Wildman–Crippen LogP) is 3.30. The van der Waals surface area contributed by atoms with E-state index in [0.717, 1.165) is 4.68 Å². The zero-order valence-corrected chi connectivity index (χ0v) is 16.5. The number of halogens is 1. The summed E-state index contributed by atoms with van der Waals surface area (Å²) >= 11 is 0. The van der Waals surface area contributed by atoms with Crippen LogP contribution in [0.4, 0.5) is 4.39 Å². The molecule has 0 bridgehead atoms. The molecule has 0 radical (unpaired) electrons. The Labute approximate surface area is 176 Å². The number of aromatic amines is 1. The Morgan fingerprint density at radius 2 is 1.81 bits per heavy atom. The summed E-state index contributed by atoms with van der Waals surface area (Å²) in [4.78, 5) is 27.4. The number of rotatable bonds is 6. The van der Waals surface area contributed by atoms with Crippen LogP contribution < -0.4 is 20.7 Å². The number of H-pyrrole nitrogens is 1. The number of nitrogens with zero attached hydrogens (tertiary/aromatic N) is 2. The van der Waals surface area contributed by atoms with E-state index in [2.05, 4.69) is 10.1 Å². The molecule has 0 fully saturated rings. The lowest BCUT2D eigenvalue weighted by molar-refractivity contribution is 0.279. The van der Waals surface area contributed by atoms with Crippen LogP contribution in [0.15, 0.2) is 81.4 Å². The van der Waals surface area contributed by atoms with E-state index in [4.69, 9.17) is 9.47 Å². The fourth-order valence-electron chi connectivity index (χ4n) is 3.04. The third kappa shape index (κ3) is 4.23. The van der Waals surface area contributed by atoms with Crippen LogP contribution in [0.25, 0.3) is 10.9 Å². The summed E-state index contributed by atoms with van der Waals surface area (Å²) in [5.41, 5.74) is 0.283. The molecule has 0 aliphatic heterocycles. The molecule has 0 amide bonds. The summed E-state index contributed by atoms with van der Waals surface area (Å²) in [6, 6.07) is 18.0. The SMILES string of the molecule is COc1cc(C=Nn2c(=O)[nH]c3ccccc3c2=O)ccc1OCc1ccccc1F. The Morgan fingerprint density at radius 3 is 2.61 bits per heavy atom. The fourth-order valence-corrected chi connectivity index (χ4v) is 3.04. The topological polar surface area (TPSA) is 85.7 Å². The van der Waals surface area contributed by atoms with Crippen molar-refractivity contribution in [3.63, 3.8) is 0 Å². The number of para-hydroxylation sites is 1. The molecule has 0 aliphatic carbocycles. The Bertz CT molecular complexity index is 1390. The number of hydrogen-bond acceptors (Lipinski definition) is 5. The second kappa shape index (κ2) is 8.66. The van der Waals surface area contributed by atoms with Crippen LogP contribution in [0, 0.1) is 5.82 Å². The van der Waals surface area contributed by atoms with E-state index in [1.807, 2.05) is 0 Å². The van der Waals surface area contributed by atoms with Gasteiger partial charge in [0.15, 0.2) is 11.5 Å². The third-order valence-corrected chi connectivity index (χ3v) is 4.63. The van der Waals surface area contributed by atoms with Gasteiger partial charge >= 0.3 is 5.69 Å². The summed E-state index contributed by atoms with van der Waals surface area (Å²) in [7, 11) is 1.48. The number of hydrogen-bond donors (Lipinski definition) is 1. The number of methoxy groups -OCH3 is 1. The van der Waals surface area contributed by atoms with Gasteiger partial charge in [-0.3, -0.25) is 4.79 Å². The van der Waals surface area contributed by atoms with Crippen LogP contribution in [0.5, 0.6) is 11.5 Å². The maximum atomic E-state index is 13.8. The Morgan fingerprint density at radius 1 is 1.03 bits per heavy atom. The van der Waals surface area contributed by atoms with Gasteiger partial charge in [-0.1, -0.05) is 30.3 Å². The molecule has 8 heteroatoms. The lowest BCUT2D eigenvalue weighted by Crippen LogP contribution is -2.32. The molecule has 1 aromatic heterocycles. The minimum atomic E-state index is -0.642. The summed E-state index contributed by atoms with van der Waals surface area (Å²) in [6.45, 7) is 0.0400. The molecule has 0 saturated carbocycles. The molecular weight excluding hydrogens is 401 g/mol. The van der Waals surface area contributed by atoms with Gasteiger partial charge in [0.1, 0.15) is 12.4 Å². The lowest BCUT2D eigenvalue weighted by atomic mass is 10.2. The second-order valence-corrected chi connectivity index (χ2v) is 6.63. The van der Waals surface area contributed by atoms with Gasteiger partial charge in [-0.25, -0.2) is 9.18 Å². The molecule has 1 N–H and O–H groups in total. The first kappa shape index (κ1) is 20.1. The van der Waals surface area contributed by atoms with Crippen LogP contribution in [0.2, 0.25) is 0 Å². The number of aromatic nitrogens is 2. The summed E-state index contributed by atoms with van der Waals surface area (Å²) in [6.07, 6.45) is 1.37. The molecule has 156 valence electrons. The normalized spacial score (nSPS) is 11.2. The van der Waals surface area contributed by atoms with Crippen molar-refractivity contribution >= 4 is 17.1 Å². The van der Waals surface area contributed by atoms with Gasteiger partial charge in [-0.05, 0) is 42.0 Å². The van der Waals surface area contributed by atoms with Gasteiger partial charge in [0, 0.05) is 5.56 Å². The molecule has 0 saturated heterocycles. The molecule has 7 nitrogen and oxygen atoms in total. The van der Waals surface area contributed by atoms with Crippen LogP contribution in [-0.4, -0.2) is 23.0 Å². The highest BCUT2D eigenvalue weighted by Crippen LogP contribution is 2.28. The smallest absolute Gasteiger partial charge is 0.349 e. The van der Waals surface area contributed by atoms with Crippen LogP contribution >= 0.6 is 0 Å². The largest absolute Gasteiger partial charge is 0.493 e. The molecule has 0 aliphatic rings. The van der Waals surface area contributed by atoms with E-state index in [1.54, 1.807) is 60.7 Å². The van der Waals surface area contributed by atoms with Crippen LogP contribution in [0.1, 0.15) is 11.1 Å². The van der Waals surface area contributed by atoms with Gasteiger partial charge in [-0.2, -0.15) is 5.10 Å². The minimum absolute atomic E-state index is 0.0400. The average molecular weight is 419 g/mol. The van der Waals surface area contributed by atoms with Crippen molar-refractivity contribution in [2.24, 2.45) is 5.10 Å². The van der Waals surface area contributed by atoms with E-state index in [-0.39, 0.29) is 12.4 Å². The van der Waals surface area contributed by atoms with Crippen molar-refractivity contribution in [2.75, 3.05) is 7.11 Å². The first-order chi connectivity index (χ1) is 15.1. The lowest BCUT2D eigenvalue weighted by Gasteiger charge is -2.11. The zero-order valence-electron chi connectivity index (χ0n) is 16.5. The molecule has 0 unspecified atom stereocenters. The molecule has 1 heterocycles. The van der Waals surface area contributed by atoms with Crippen molar-refractivity contribution < 1.29 is 13.9 Å². The summed E-state index contributed by atoms with van der Waals surface area (Å²) < 4.78 is 25.6. The molecular formula is C23H18FN3O4. The highest BCUT2D eigenvalue weighted by Gasteiger charge is 2.09. The minimum Gasteiger partial charge on any atom is -0.493 e. The summed E-state index contributed by atoms with van der Waals surface area (Å²) in [5.74, 6) is 0.472. The predicted molar refractivity (Wildman–Crippen MR) is 116 cm³/mol. The molecule has 0 atom stereocenters.